The van der Waals surface area contributed by atoms with Gasteiger partial charge in [0.1, 0.15) is 11.6 Å². The van der Waals surface area contributed by atoms with E-state index in [0.29, 0.717) is 0 Å². The van der Waals surface area contributed by atoms with Crippen LogP contribution >= 0.6 is 11.6 Å². The molecule has 0 aromatic heterocycles. The van der Waals surface area contributed by atoms with Crippen LogP contribution in [0.25, 0.3) is 0 Å². The molecule has 0 saturated carbocycles. The van der Waals surface area contributed by atoms with Gasteiger partial charge in [0.2, 0.25) is 0 Å². The van der Waals surface area contributed by atoms with Gasteiger partial charge in [0.05, 0.1) is 5.41 Å². The largest absolute Gasteiger partial charge is 0.299 e. The fourth-order valence-corrected chi connectivity index (χ4v) is 1.10. The summed E-state index contributed by atoms with van der Waals surface area (Å²) in [6.07, 6.45) is 0. The van der Waals surface area contributed by atoms with Crippen molar-refractivity contribution in [3.8, 4) is 0 Å². The van der Waals surface area contributed by atoms with Gasteiger partial charge in [-0.05, 0) is 52.3 Å². The summed E-state index contributed by atoms with van der Waals surface area (Å²) in [5.41, 5.74) is 0.428. The van der Waals surface area contributed by atoms with Crippen LogP contribution in [0.5, 0.6) is 0 Å². The monoisotopic (exact) mass is 254 g/mol. The zero-order valence-corrected chi connectivity index (χ0v) is 11.8. The van der Waals surface area contributed by atoms with Crippen LogP contribution in [0.2, 0.25) is 5.02 Å². The highest BCUT2D eigenvalue weighted by molar-refractivity contribution is 6.30. The molecule has 0 aliphatic heterocycles. The van der Waals surface area contributed by atoms with E-state index in [0.717, 1.165) is 5.02 Å². The average Bonchev–Trinajstić information content (AvgIpc) is 2.17. The van der Waals surface area contributed by atoms with E-state index < -0.39 is 5.41 Å². The van der Waals surface area contributed by atoms with Gasteiger partial charge < -0.3 is 0 Å². The van der Waals surface area contributed by atoms with Crippen LogP contribution in [-0.2, 0) is 9.59 Å². The molecule has 0 amide bonds. The van der Waals surface area contributed by atoms with E-state index in [1.54, 1.807) is 13.8 Å². The molecule has 17 heavy (non-hydrogen) atoms. The number of carbonyl (C=O) groups is 2. The van der Waals surface area contributed by atoms with Gasteiger partial charge in [-0.25, -0.2) is 0 Å². The molecule has 94 valence electrons. The lowest BCUT2D eigenvalue weighted by atomic mass is 9.85. The molecule has 1 aromatic carbocycles. The van der Waals surface area contributed by atoms with Crippen molar-refractivity contribution in [1.82, 2.24) is 0 Å². The first kappa shape index (κ1) is 15.9. The van der Waals surface area contributed by atoms with Crippen molar-refractivity contribution in [2.45, 2.75) is 34.6 Å². The van der Waals surface area contributed by atoms with Crippen LogP contribution in [0.4, 0.5) is 0 Å². The van der Waals surface area contributed by atoms with Crippen LogP contribution < -0.4 is 0 Å². The summed E-state index contributed by atoms with van der Waals surface area (Å²) >= 11 is 5.64. The van der Waals surface area contributed by atoms with Crippen molar-refractivity contribution < 1.29 is 9.59 Å². The number of halogens is 1. The van der Waals surface area contributed by atoms with Crippen molar-refractivity contribution in [2.75, 3.05) is 0 Å². The SMILES string of the molecule is CC(=O)C(C)(C)C(C)=O.Cc1cccc(Cl)c1. The minimum atomic E-state index is -0.778. The zero-order valence-electron chi connectivity index (χ0n) is 11.0. The summed E-state index contributed by atoms with van der Waals surface area (Å²) in [6, 6.07) is 7.76. The fourth-order valence-electron chi connectivity index (χ4n) is 0.853. The molecule has 0 bridgehead atoms. The van der Waals surface area contributed by atoms with Crippen molar-refractivity contribution in [2.24, 2.45) is 5.41 Å². The molecule has 0 heterocycles. The highest BCUT2D eigenvalue weighted by Crippen LogP contribution is 2.16. The second-order valence-corrected chi connectivity index (χ2v) is 4.97. The number of aryl methyl sites for hydroxylation is 1. The molecule has 0 spiro atoms. The third-order valence-electron chi connectivity index (χ3n) is 2.74. The summed E-state index contributed by atoms with van der Waals surface area (Å²) in [6.45, 7) is 8.16. The minimum absolute atomic E-state index is 0.0741. The first-order valence-electron chi connectivity index (χ1n) is 5.42. The zero-order chi connectivity index (χ0) is 13.6. The summed E-state index contributed by atoms with van der Waals surface area (Å²) in [5.74, 6) is -0.148. The molecule has 1 aromatic rings. The maximum Gasteiger partial charge on any atom is 0.142 e. The van der Waals surface area contributed by atoms with Gasteiger partial charge in [-0.2, -0.15) is 0 Å². The molecule has 0 aliphatic rings. The first-order valence-corrected chi connectivity index (χ1v) is 5.80. The predicted molar refractivity (Wildman–Crippen MR) is 71.3 cm³/mol. The third kappa shape index (κ3) is 5.64. The summed E-state index contributed by atoms with van der Waals surface area (Å²) in [4.78, 5) is 21.4. The lowest BCUT2D eigenvalue weighted by Crippen LogP contribution is -2.29. The standard InChI is InChI=1S/C7H7Cl.C7H12O2/c1-6-3-2-4-7(8)5-6;1-5(8)7(3,4)6(2)9/h2-5H,1H3;1-4H3. The lowest BCUT2D eigenvalue weighted by Gasteiger charge is -2.15. The number of hydrogen-bond acceptors (Lipinski definition) is 2. The van der Waals surface area contributed by atoms with Gasteiger partial charge in [-0.1, -0.05) is 23.7 Å². The predicted octanol–water partition coefficient (Wildman–Crippen LogP) is 3.84. The highest BCUT2D eigenvalue weighted by atomic mass is 35.5. The Balaban J connectivity index is 0.000000302. The quantitative estimate of drug-likeness (QED) is 0.752. The number of ketones is 2. The molecule has 0 atom stereocenters. The smallest absolute Gasteiger partial charge is 0.142 e. The Labute approximate surface area is 108 Å². The van der Waals surface area contributed by atoms with E-state index in [1.807, 2.05) is 31.2 Å². The maximum atomic E-state index is 10.7. The second-order valence-electron chi connectivity index (χ2n) is 4.54. The van der Waals surface area contributed by atoms with Crippen LogP contribution in [0.3, 0.4) is 0 Å². The molecule has 0 radical (unpaired) electrons. The van der Waals surface area contributed by atoms with E-state index in [2.05, 4.69) is 0 Å². The number of hydrogen-bond donors (Lipinski definition) is 0. The second kappa shape index (κ2) is 6.55. The van der Waals surface area contributed by atoms with Crippen molar-refractivity contribution in [3.63, 3.8) is 0 Å². The van der Waals surface area contributed by atoms with Gasteiger partial charge in [0.15, 0.2) is 0 Å². The topological polar surface area (TPSA) is 34.1 Å². The summed E-state index contributed by atoms with van der Waals surface area (Å²) in [5, 5.41) is 0.810. The number of Topliss-reactive ketones (excluding diaryl/α,β-unsaturated/α-hetero) is 2. The molecule has 0 fully saturated rings. The molecule has 0 aliphatic carbocycles. The van der Waals surface area contributed by atoms with Gasteiger partial charge >= 0.3 is 0 Å². The Hall–Kier alpha value is -1.15. The Bertz CT molecular complexity index is 375. The van der Waals surface area contributed by atoms with Gasteiger partial charge in [-0.3, -0.25) is 9.59 Å². The third-order valence-corrected chi connectivity index (χ3v) is 2.98. The fraction of sp³-hybridized carbons (Fsp3) is 0.429. The van der Waals surface area contributed by atoms with Crippen LogP contribution in [0.15, 0.2) is 24.3 Å². The number of carbonyl (C=O) groups excluding carboxylic acids is 2. The summed E-state index contributed by atoms with van der Waals surface area (Å²) < 4.78 is 0. The molecular formula is C14H19ClO2. The Morgan fingerprint density at radius 3 is 1.76 bits per heavy atom. The first-order chi connectivity index (χ1) is 7.67. The van der Waals surface area contributed by atoms with E-state index in [-0.39, 0.29) is 11.6 Å². The van der Waals surface area contributed by atoms with Crippen LogP contribution in [-0.4, -0.2) is 11.6 Å². The molecule has 0 unspecified atom stereocenters. The van der Waals surface area contributed by atoms with Gasteiger partial charge in [0, 0.05) is 5.02 Å². The highest BCUT2D eigenvalue weighted by Gasteiger charge is 2.28. The van der Waals surface area contributed by atoms with Gasteiger partial charge in [-0.15, -0.1) is 0 Å². The molecule has 3 heteroatoms. The molecule has 0 saturated heterocycles. The van der Waals surface area contributed by atoms with Crippen molar-refractivity contribution in [3.05, 3.63) is 34.9 Å². The van der Waals surface area contributed by atoms with Crippen molar-refractivity contribution >= 4 is 23.2 Å². The molecule has 0 N–H and O–H groups in total. The maximum absolute atomic E-state index is 10.7. The number of rotatable bonds is 2. The van der Waals surface area contributed by atoms with Crippen LogP contribution in [0.1, 0.15) is 33.3 Å². The molecule has 2 nitrogen and oxygen atoms in total. The number of benzene rings is 1. The van der Waals surface area contributed by atoms with Gasteiger partial charge in [0.25, 0.3) is 0 Å². The molecule has 1 rings (SSSR count). The normalized spacial score (nSPS) is 10.2. The minimum Gasteiger partial charge on any atom is -0.299 e. The van der Waals surface area contributed by atoms with E-state index in [1.165, 1.54) is 19.4 Å². The summed E-state index contributed by atoms with van der Waals surface area (Å²) in [7, 11) is 0. The van der Waals surface area contributed by atoms with E-state index >= 15 is 0 Å². The molecular weight excluding hydrogens is 236 g/mol. The Morgan fingerprint density at radius 2 is 1.59 bits per heavy atom. The van der Waals surface area contributed by atoms with E-state index in [9.17, 15) is 9.59 Å². The van der Waals surface area contributed by atoms with E-state index in [4.69, 9.17) is 11.6 Å². The Morgan fingerprint density at radius 1 is 1.12 bits per heavy atom. The average molecular weight is 255 g/mol. The van der Waals surface area contributed by atoms with Crippen molar-refractivity contribution in [1.29, 1.82) is 0 Å². The Kier molecular flexibility index (Phi) is 6.11. The van der Waals surface area contributed by atoms with Crippen LogP contribution in [0, 0.1) is 12.3 Å². The lowest BCUT2D eigenvalue weighted by molar-refractivity contribution is -0.136.